The lowest BCUT2D eigenvalue weighted by Gasteiger charge is -2.27. The van der Waals surface area contributed by atoms with Gasteiger partial charge in [0.25, 0.3) is 0 Å². The second-order valence-electron chi connectivity index (χ2n) is 5.24. The van der Waals surface area contributed by atoms with E-state index in [4.69, 9.17) is 5.26 Å². The van der Waals surface area contributed by atoms with Crippen LogP contribution in [-0.2, 0) is 6.54 Å². The van der Waals surface area contributed by atoms with E-state index in [2.05, 4.69) is 54.5 Å². The van der Waals surface area contributed by atoms with Gasteiger partial charge in [0.1, 0.15) is 0 Å². The summed E-state index contributed by atoms with van der Waals surface area (Å²) in [7, 11) is 2.11. The smallest absolute Gasteiger partial charge is 0.0991 e. The summed E-state index contributed by atoms with van der Waals surface area (Å²) < 4.78 is 0. The largest absolute Gasteiger partial charge is 0.371 e. The maximum Gasteiger partial charge on any atom is 0.0991 e. The fourth-order valence-corrected chi connectivity index (χ4v) is 2.18. The number of hydrogen-bond donors (Lipinski definition) is 1. The first-order chi connectivity index (χ1) is 10.2. The van der Waals surface area contributed by atoms with E-state index >= 15 is 0 Å². The molecule has 0 spiro atoms. The molecule has 0 saturated heterocycles. The fourth-order valence-electron chi connectivity index (χ4n) is 2.18. The van der Waals surface area contributed by atoms with Crippen molar-refractivity contribution in [2.45, 2.75) is 19.5 Å². The number of nitrogens with zero attached hydrogens (tertiary/aromatic N) is 2. The van der Waals surface area contributed by atoms with Gasteiger partial charge in [0, 0.05) is 31.9 Å². The highest BCUT2D eigenvalue weighted by Crippen LogP contribution is 2.13. The lowest BCUT2D eigenvalue weighted by atomic mass is 10.1. The van der Waals surface area contributed by atoms with Crippen molar-refractivity contribution in [3.05, 3.63) is 65.7 Å². The summed E-state index contributed by atoms with van der Waals surface area (Å²) in [5.41, 5.74) is 3.13. The summed E-state index contributed by atoms with van der Waals surface area (Å²) >= 11 is 0. The third-order valence-corrected chi connectivity index (χ3v) is 3.68. The topological polar surface area (TPSA) is 39.1 Å². The number of nitriles is 1. The van der Waals surface area contributed by atoms with Gasteiger partial charge in [-0.05, 0) is 36.8 Å². The second-order valence-corrected chi connectivity index (χ2v) is 5.24. The van der Waals surface area contributed by atoms with Gasteiger partial charge >= 0.3 is 0 Å². The van der Waals surface area contributed by atoms with Crippen LogP contribution in [0.2, 0.25) is 0 Å². The van der Waals surface area contributed by atoms with Crippen LogP contribution in [-0.4, -0.2) is 19.6 Å². The Labute approximate surface area is 126 Å². The van der Waals surface area contributed by atoms with Crippen molar-refractivity contribution in [1.82, 2.24) is 5.32 Å². The van der Waals surface area contributed by atoms with Gasteiger partial charge in [0.2, 0.25) is 0 Å². The van der Waals surface area contributed by atoms with Gasteiger partial charge in [0.05, 0.1) is 11.6 Å². The fraction of sp³-hybridized carbons (Fsp3) is 0.278. The van der Waals surface area contributed by atoms with Crippen LogP contribution in [0.4, 0.5) is 5.69 Å². The number of para-hydroxylation sites is 1. The molecule has 3 nitrogen and oxygen atoms in total. The molecular weight excluding hydrogens is 258 g/mol. The standard InChI is InChI=1S/C18H21N3/c1-15(21(2)18-6-4-3-5-7-18)13-20-14-17-10-8-16(12-19)9-11-17/h3-11,15,20H,13-14H2,1-2H3. The van der Waals surface area contributed by atoms with Crippen molar-refractivity contribution < 1.29 is 0 Å². The molecule has 2 rings (SSSR count). The Morgan fingerprint density at radius 2 is 1.76 bits per heavy atom. The predicted octanol–water partition coefficient (Wildman–Crippen LogP) is 3.17. The van der Waals surface area contributed by atoms with Gasteiger partial charge < -0.3 is 10.2 Å². The minimum atomic E-state index is 0.408. The van der Waals surface area contributed by atoms with Gasteiger partial charge in [0.15, 0.2) is 0 Å². The lowest BCUT2D eigenvalue weighted by molar-refractivity contribution is 0.585. The second kappa shape index (κ2) is 7.47. The quantitative estimate of drug-likeness (QED) is 0.882. The third-order valence-electron chi connectivity index (χ3n) is 3.68. The number of likely N-dealkylation sites (N-methyl/N-ethyl adjacent to an activating group) is 1. The number of nitrogens with one attached hydrogen (secondary N) is 1. The highest BCUT2D eigenvalue weighted by Gasteiger charge is 2.08. The molecule has 108 valence electrons. The van der Waals surface area contributed by atoms with Gasteiger partial charge in [-0.15, -0.1) is 0 Å². The molecule has 1 atom stereocenters. The van der Waals surface area contributed by atoms with E-state index in [1.807, 2.05) is 30.3 Å². The Balaban J connectivity index is 1.81. The highest BCUT2D eigenvalue weighted by molar-refractivity contribution is 5.46. The Bertz CT molecular complexity index is 584. The van der Waals surface area contributed by atoms with Crippen LogP contribution in [0.25, 0.3) is 0 Å². The molecule has 3 heteroatoms. The molecule has 0 radical (unpaired) electrons. The molecule has 2 aromatic rings. The Morgan fingerprint density at radius 1 is 1.10 bits per heavy atom. The maximum atomic E-state index is 8.78. The first-order valence-corrected chi connectivity index (χ1v) is 7.18. The molecule has 2 aromatic carbocycles. The van der Waals surface area contributed by atoms with Crippen LogP contribution in [0.15, 0.2) is 54.6 Å². The zero-order valence-electron chi connectivity index (χ0n) is 12.6. The molecule has 1 unspecified atom stereocenters. The van der Waals surface area contributed by atoms with Crippen LogP contribution < -0.4 is 10.2 Å². The molecule has 0 aliphatic rings. The van der Waals surface area contributed by atoms with E-state index in [1.165, 1.54) is 11.3 Å². The minimum absolute atomic E-state index is 0.408. The zero-order chi connectivity index (χ0) is 15.1. The molecule has 0 heterocycles. The first-order valence-electron chi connectivity index (χ1n) is 7.18. The molecule has 0 saturated carbocycles. The van der Waals surface area contributed by atoms with Crippen LogP contribution in [0, 0.1) is 11.3 Å². The zero-order valence-corrected chi connectivity index (χ0v) is 12.6. The number of benzene rings is 2. The third kappa shape index (κ3) is 4.34. The van der Waals surface area contributed by atoms with Crippen LogP contribution in [0.1, 0.15) is 18.1 Å². The van der Waals surface area contributed by atoms with E-state index < -0.39 is 0 Å². The summed E-state index contributed by atoms with van der Waals surface area (Å²) in [5, 5.41) is 12.2. The summed E-state index contributed by atoms with van der Waals surface area (Å²) in [6, 6.07) is 20.6. The lowest BCUT2D eigenvalue weighted by Crippen LogP contribution is -2.37. The number of rotatable bonds is 6. The molecule has 0 aliphatic carbocycles. The van der Waals surface area contributed by atoms with Crippen LogP contribution in [0.3, 0.4) is 0 Å². The van der Waals surface area contributed by atoms with Crippen LogP contribution in [0.5, 0.6) is 0 Å². The van der Waals surface area contributed by atoms with Gasteiger partial charge in [-0.3, -0.25) is 0 Å². The average molecular weight is 279 g/mol. The summed E-state index contributed by atoms with van der Waals surface area (Å²) in [6.07, 6.45) is 0. The normalized spacial score (nSPS) is 11.7. The van der Waals surface area contributed by atoms with E-state index in [9.17, 15) is 0 Å². The van der Waals surface area contributed by atoms with Crippen molar-refractivity contribution in [2.24, 2.45) is 0 Å². The van der Waals surface area contributed by atoms with Gasteiger partial charge in [-0.1, -0.05) is 30.3 Å². The molecule has 0 aromatic heterocycles. The molecule has 0 aliphatic heterocycles. The van der Waals surface area contributed by atoms with Crippen molar-refractivity contribution in [3.63, 3.8) is 0 Å². The Kier molecular flexibility index (Phi) is 5.36. The summed E-state index contributed by atoms with van der Waals surface area (Å²) in [6.45, 7) is 3.93. The minimum Gasteiger partial charge on any atom is -0.371 e. The van der Waals surface area contributed by atoms with E-state index in [1.54, 1.807) is 0 Å². The van der Waals surface area contributed by atoms with E-state index in [0.29, 0.717) is 11.6 Å². The predicted molar refractivity (Wildman–Crippen MR) is 87.2 cm³/mol. The van der Waals surface area contributed by atoms with Gasteiger partial charge in [-0.2, -0.15) is 5.26 Å². The Hall–Kier alpha value is -2.31. The first kappa shape index (κ1) is 15.1. The molecule has 0 amide bonds. The monoisotopic (exact) mass is 279 g/mol. The summed E-state index contributed by atoms with van der Waals surface area (Å²) in [4.78, 5) is 2.27. The average Bonchev–Trinajstić information content (AvgIpc) is 2.55. The number of hydrogen-bond acceptors (Lipinski definition) is 3. The van der Waals surface area contributed by atoms with Gasteiger partial charge in [-0.25, -0.2) is 0 Å². The molecule has 0 bridgehead atoms. The SMILES string of the molecule is CC(CNCc1ccc(C#N)cc1)N(C)c1ccccc1. The summed E-state index contributed by atoms with van der Waals surface area (Å²) in [5.74, 6) is 0. The van der Waals surface area contributed by atoms with E-state index in [0.717, 1.165) is 13.1 Å². The highest BCUT2D eigenvalue weighted by atomic mass is 15.1. The molecule has 1 N–H and O–H groups in total. The van der Waals surface area contributed by atoms with Crippen LogP contribution >= 0.6 is 0 Å². The van der Waals surface area contributed by atoms with E-state index in [-0.39, 0.29) is 0 Å². The number of anilines is 1. The Morgan fingerprint density at radius 3 is 2.38 bits per heavy atom. The molecular formula is C18H21N3. The maximum absolute atomic E-state index is 8.78. The molecule has 0 fully saturated rings. The van der Waals surface area contributed by atoms with Crippen molar-refractivity contribution in [2.75, 3.05) is 18.5 Å². The van der Waals surface area contributed by atoms with Crippen molar-refractivity contribution >= 4 is 5.69 Å². The molecule has 21 heavy (non-hydrogen) atoms. The van der Waals surface area contributed by atoms with Crippen molar-refractivity contribution in [1.29, 1.82) is 5.26 Å². The van der Waals surface area contributed by atoms with Crippen molar-refractivity contribution in [3.8, 4) is 6.07 Å².